The molecule has 0 amide bonds. The Labute approximate surface area is 132 Å². The molecule has 2 aromatic heterocycles. The van der Waals surface area contributed by atoms with E-state index in [1.165, 1.54) is 6.20 Å². The highest BCUT2D eigenvalue weighted by molar-refractivity contribution is 7.89. The summed E-state index contributed by atoms with van der Waals surface area (Å²) in [6, 6.07) is 3.29. The van der Waals surface area contributed by atoms with Crippen molar-refractivity contribution in [2.45, 2.75) is 17.7 Å². The number of hydrogen-bond acceptors (Lipinski definition) is 5. The minimum Gasteiger partial charge on any atom is -0.481 e. The third-order valence-corrected chi connectivity index (χ3v) is 5.65. The second-order valence-corrected chi connectivity index (χ2v) is 7.31. The molecule has 0 aliphatic carbocycles. The van der Waals surface area contributed by atoms with Gasteiger partial charge in [0, 0.05) is 37.5 Å². The van der Waals surface area contributed by atoms with Crippen LogP contribution in [0.4, 0.5) is 0 Å². The summed E-state index contributed by atoms with van der Waals surface area (Å²) in [7, 11) is -3.84. The third kappa shape index (κ3) is 2.94. The maximum Gasteiger partial charge on any atom is 0.311 e. The number of sulfonamides is 1. The van der Waals surface area contributed by atoms with Gasteiger partial charge in [-0.05, 0) is 25.0 Å². The fraction of sp³-hybridized carbons (Fsp3) is 0.429. The van der Waals surface area contributed by atoms with E-state index in [0.29, 0.717) is 24.2 Å². The van der Waals surface area contributed by atoms with Crippen LogP contribution in [-0.4, -0.2) is 49.2 Å². The van der Waals surface area contributed by atoms with Crippen LogP contribution in [0.15, 0.2) is 29.4 Å². The highest BCUT2D eigenvalue weighted by atomic mass is 32.2. The van der Waals surface area contributed by atoms with Crippen molar-refractivity contribution >= 4 is 27.0 Å². The predicted molar refractivity (Wildman–Crippen MR) is 81.4 cm³/mol. The number of fused-ring (bicyclic) bond motifs is 1. The normalized spacial score (nSPS) is 18.1. The van der Waals surface area contributed by atoms with E-state index in [4.69, 9.17) is 4.74 Å². The summed E-state index contributed by atoms with van der Waals surface area (Å²) in [5, 5.41) is 9.95. The van der Waals surface area contributed by atoms with E-state index in [1.54, 1.807) is 18.3 Å². The number of nitrogens with one attached hydrogen (secondary N) is 2. The van der Waals surface area contributed by atoms with Crippen LogP contribution in [0.2, 0.25) is 0 Å². The van der Waals surface area contributed by atoms with Gasteiger partial charge in [-0.1, -0.05) is 0 Å². The van der Waals surface area contributed by atoms with Crippen molar-refractivity contribution < 1.29 is 23.1 Å². The molecule has 8 nitrogen and oxygen atoms in total. The van der Waals surface area contributed by atoms with Gasteiger partial charge in [0.05, 0.1) is 5.41 Å². The molecule has 2 aromatic rings. The number of carboxylic acid groups (broad SMARTS) is 1. The molecule has 3 rings (SSSR count). The van der Waals surface area contributed by atoms with Gasteiger partial charge in [-0.2, -0.15) is 0 Å². The van der Waals surface area contributed by atoms with Gasteiger partial charge in [0.1, 0.15) is 10.5 Å². The average molecular weight is 339 g/mol. The molecule has 0 aromatic carbocycles. The number of nitrogens with zero attached hydrogens (tertiary/aromatic N) is 1. The van der Waals surface area contributed by atoms with Gasteiger partial charge < -0.3 is 14.8 Å². The quantitative estimate of drug-likeness (QED) is 0.738. The lowest BCUT2D eigenvalue weighted by Crippen LogP contribution is -2.46. The van der Waals surface area contributed by atoms with E-state index in [1.807, 2.05) is 0 Å². The second-order valence-electron chi connectivity index (χ2n) is 5.57. The van der Waals surface area contributed by atoms with Crippen LogP contribution in [0.5, 0.6) is 0 Å². The monoisotopic (exact) mass is 339 g/mol. The maximum absolute atomic E-state index is 12.5. The maximum atomic E-state index is 12.5. The molecule has 1 saturated heterocycles. The van der Waals surface area contributed by atoms with Crippen LogP contribution < -0.4 is 4.72 Å². The molecule has 1 fully saturated rings. The van der Waals surface area contributed by atoms with Gasteiger partial charge in [0.15, 0.2) is 0 Å². The van der Waals surface area contributed by atoms with E-state index in [9.17, 15) is 18.3 Å². The molecule has 0 saturated carbocycles. The topological polar surface area (TPSA) is 121 Å². The number of aromatic nitrogens is 2. The zero-order valence-corrected chi connectivity index (χ0v) is 13.1. The number of aromatic amines is 1. The second kappa shape index (κ2) is 5.91. The van der Waals surface area contributed by atoms with Crippen molar-refractivity contribution in [2.75, 3.05) is 19.8 Å². The first-order valence-electron chi connectivity index (χ1n) is 7.18. The smallest absolute Gasteiger partial charge is 0.311 e. The molecule has 9 heteroatoms. The number of carbonyl (C=O) groups is 1. The van der Waals surface area contributed by atoms with Crippen LogP contribution in [-0.2, 0) is 19.6 Å². The Kier molecular flexibility index (Phi) is 4.09. The Morgan fingerprint density at radius 3 is 2.87 bits per heavy atom. The summed E-state index contributed by atoms with van der Waals surface area (Å²) in [6.45, 7) is 0.455. The van der Waals surface area contributed by atoms with Gasteiger partial charge in [-0.3, -0.25) is 4.79 Å². The van der Waals surface area contributed by atoms with Crippen molar-refractivity contribution in [3.8, 4) is 0 Å². The van der Waals surface area contributed by atoms with Crippen LogP contribution >= 0.6 is 0 Å². The SMILES string of the molecule is O=C(O)C1(CNS(=O)(=O)c2c[nH]c3ncccc23)CCOCC1. The molecular weight excluding hydrogens is 322 g/mol. The van der Waals surface area contributed by atoms with Crippen molar-refractivity contribution in [1.82, 2.24) is 14.7 Å². The van der Waals surface area contributed by atoms with E-state index in [-0.39, 0.29) is 24.3 Å². The number of ether oxygens (including phenoxy) is 1. The summed E-state index contributed by atoms with van der Waals surface area (Å²) < 4.78 is 32.7. The van der Waals surface area contributed by atoms with Crippen molar-refractivity contribution in [1.29, 1.82) is 0 Å². The number of H-pyrrole nitrogens is 1. The molecule has 0 atom stereocenters. The van der Waals surface area contributed by atoms with Crippen LogP contribution in [0.3, 0.4) is 0 Å². The van der Waals surface area contributed by atoms with Gasteiger partial charge in [0.2, 0.25) is 10.0 Å². The van der Waals surface area contributed by atoms with Gasteiger partial charge in [-0.15, -0.1) is 0 Å². The fourth-order valence-electron chi connectivity index (χ4n) is 2.69. The summed E-state index contributed by atoms with van der Waals surface area (Å²) in [5.41, 5.74) is -0.665. The molecule has 0 spiro atoms. The minimum atomic E-state index is -3.84. The molecule has 23 heavy (non-hydrogen) atoms. The molecule has 0 unspecified atom stereocenters. The standard InChI is InChI=1S/C14H17N3O5S/c18-13(19)14(3-6-22-7-4-14)9-17-23(20,21)11-8-16-12-10(11)2-1-5-15-12/h1-2,5,8,17H,3-4,6-7,9H2,(H,15,16)(H,18,19). The van der Waals surface area contributed by atoms with Gasteiger partial charge in [0.25, 0.3) is 0 Å². The van der Waals surface area contributed by atoms with Crippen molar-refractivity contribution in [2.24, 2.45) is 5.41 Å². The van der Waals surface area contributed by atoms with Crippen LogP contribution in [0, 0.1) is 5.41 Å². The van der Waals surface area contributed by atoms with Crippen LogP contribution in [0.25, 0.3) is 11.0 Å². The van der Waals surface area contributed by atoms with E-state index in [0.717, 1.165) is 0 Å². The van der Waals surface area contributed by atoms with Gasteiger partial charge in [-0.25, -0.2) is 18.1 Å². The Hall–Kier alpha value is -1.97. The van der Waals surface area contributed by atoms with E-state index < -0.39 is 21.4 Å². The molecule has 0 radical (unpaired) electrons. The molecule has 1 aliphatic rings. The minimum absolute atomic E-state index is 0.0631. The first-order valence-corrected chi connectivity index (χ1v) is 8.66. The Morgan fingerprint density at radius 2 is 2.17 bits per heavy atom. The number of pyridine rings is 1. The zero-order valence-electron chi connectivity index (χ0n) is 12.3. The lowest BCUT2D eigenvalue weighted by Gasteiger charge is -2.32. The first kappa shape index (κ1) is 15.9. The highest BCUT2D eigenvalue weighted by Gasteiger charge is 2.41. The first-order chi connectivity index (χ1) is 10.9. The average Bonchev–Trinajstić information content (AvgIpc) is 2.99. The fourth-order valence-corrected chi connectivity index (χ4v) is 3.98. The molecule has 124 valence electrons. The Balaban J connectivity index is 1.85. The Morgan fingerprint density at radius 1 is 1.43 bits per heavy atom. The van der Waals surface area contributed by atoms with Crippen LogP contribution in [0.1, 0.15) is 12.8 Å². The number of hydrogen-bond donors (Lipinski definition) is 3. The van der Waals surface area contributed by atoms with E-state index in [2.05, 4.69) is 14.7 Å². The summed E-state index contributed by atoms with van der Waals surface area (Å²) >= 11 is 0. The van der Waals surface area contributed by atoms with Gasteiger partial charge >= 0.3 is 5.97 Å². The van der Waals surface area contributed by atoms with Crippen molar-refractivity contribution in [3.05, 3.63) is 24.5 Å². The molecule has 3 heterocycles. The predicted octanol–water partition coefficient (Wildman–Crippen LogP) is 0.723. The molecule has 3 N–H and O–H groups in total. The Bertz CT molecular complexity index is 824. The number of aliphatic carboxylic acids is 1. The summed E-state index contributed by atoms with van der Waals surface area (Å²) in [6.07, 6.45) is 3.47. The zero-order chi connectivity index (χ0) is 16.5. The third-order valence-electron chi connectivity index (χ3n) is 4.21. The largest absolute Gasteiger partial charge is 0.481 e. The highest BCUT2D eigenvalue weighted by Crippen LogP contribution is 2.31. The summed E-state index contributed by atoms with van der Waals surface area (Å²) in [5.74, 6) is -1.01. The summed E-state index contributed by atoms with van der Waals surface area (Å²) in [4.78, 5) is 18.5. The molecule has 0 bridgehead atoms. The van der Waals surface area contributed by atoms with E-state index >= 15 is 0 Å². The number of rotatable bonds is 5. The number of carboxylic acids is 1. The lowest BCUT2D eigenvalue weighted by molar-refractivity contribution is -0.154. The molecule has 1 aliphatic heterocycles. The van der Waals surface area contributed by atoms with Crippen molar-refractivity contribution in [3.63, 3.8) is 0 Å². The lowest BCUT2D eigenvalue weighted by atomic mass is 9.80. The molecular formula is C14H17N3O5S.